The van der Waals surface area contributed by atoms with E-state index in [-0.39, 0.29) is 5.91 Å². The molecular formula is C20H27N3O2. The molecule has 0 radical (unpaired) electrons. The molecule has 2 amide bonds. The molecule has 0 spiro atoms. The Hall–Kier alpha value is -1.88. The Balaban J connectivity index is 1.36. The van der Waals surface area contributed by atoms with Crippen LogP contribution in [0.3, 0.4) is 0 Å². The highest BCUT2D eigenvalue weighted by atomic mass is 16.2. The predicted molar refractivity (Wildman–Crippen MR) is 97.2 cm³/mol. The largest absolute Gasteiger partial charge is 0.339 e. The zero-order valence-corrected chi connectivity index (χ0v) is 14.9. The van der Waals surface area contributed by atoms with Crippen LogP contribution in [0.4, 0.5) is 5.69 Å². The number of rotatable bonds is 3. The molecular weight excluding hydrogens is 314 g/mol. The summed E-state index contributed by atoms with van der Waals surface area (Å²) in [5, 5.41) is 3.00. The maximum atomic E-state index is 12.4. The number of carbonyl (C=O) groups is 2. The van der Waals surface area contributed by atoms with E-state index in [0.29, 0.717) is 30.3 Å². The number of fused-ring (bicyclic) bond motifs is 4. The van der Waals surface area contributed by atoms with Crippen molar-refractivity contribution in [1.82, 2.24) is 9.80 Å². The number of nitrogens with zero attached hydrogens (tertiary/aromatic N) is 2. The summed E-state index contributed by atoms with van der Waals surface area (Å²) in [7, 11) is 0. The van der Waals surface area contributed by atoms with E-state index in [1.54, 1.807) is 0 Å². The first-order chi connectivity index (χ1) is 12.1. The Morgan fingerprint density at radius 2 is 2.00 bits per heavy atom. The van der Waals surface area contributed by atoms with Crippen LogP contribution in [0.2, 0.25) is 0 Å². The third kappa shape index (κ3) is 3.56. The van der Waals surface area contributed by atoms with Crippen LogP contribution in [0, 0.1) is 18.8 Å². The Kier molecular flexibility index (Phi) is 4.50. The molecule has 5 heteroatoms. The average Bonchev–Trinajstić information content (AvgIpc) is 2.58. The molecule has 0 aromatic heterocycles. The molecule has 3 fully saturated rings. The van der Waals surface area contributed by atoms with Gasteiger partial charge >= 0.3 is 0 Å². The van der Waals surface area contributed by atoms with Gasteiger partial charge in [-0.05, 0) is 50.2 Å². The van der Waals surface area contributed by atoms with E-state index in [1.165, 1.54) is 12.0 Å². The Morgan fingerprint density at radius 3 is 2.80 bits per heavy atom. The van der Waals surface area contributed by atoms with Gasteiger partial charge in [0.15, 0.2) is 0 Å². The zero-order chi connectivity index (χ0) is 17.4. The van der Waals surface area contributed by atoms with E-state index in [1.807, 2.05) is 31.2 Å². The van der Waals surface area contributed by atoms with E-state index >= 15 is 0 Å². The van der Waals surface area contributed by atoms with E-state index in [9.17, 15) is 9.59 Å². The molecule has 3 atom stereocenters. The second kappa shape index (κ2) is 6.79. The van der Waals surface area contributed by atoms with Crippen LogP contribution in [-0.2, 0) is 9.59 Å². The van der Waals surface area contributed by atoms with Crippen LogP contribution >= 0.6 is 0 Å². The van der Waals surface area contributed by atoms with Crippen molar-refractivity contribution in [3.63, 3.8) is 0 Å². The minimum atomic E-state index is 0.0559. The second-order valence-corrected chi connectivity index (χ2v) is 7.98. The van der Waals surface area contributed by atoms with Crippen LogP contribution in [0.25, 0.3) is 0 Å². The third-order valence-corrected chi connectivity index (χ3v) is 5.96. The topological polar surface area (TPSA) is 52.7 Å². The fourth-order valence-electron chi connectivity index (χ4n) is 4.88. The van der Waals surface area contributed by atoms with Crippen LogP contribution in [-0.4, -0.2) is 53.8 Å². The normalized spacial score (nSPS) is 29.2. The van der Waals surface area contributed by atoms with Gasteiger partial charge in [-0.25, -0.2) is 0 Å². The summed E-state index contributed by atoms with van der Waals surface area (Å²) >= 11 is 0. The minimum Gasteiger partial charge on any atom is -0.339 e. The van der Waals surface area contributed by atoms with E-state index in [2.05, 4.69) is 15.1 Å². The molecule has 1 aromatic rings. The molecule has 3 heterocycles. The molecule has 0 unspecified atom stereocenters. The number of piperidine rings is 3. The molecule has 1 N–H and O–H groups in total. The molecule has 3 aliphatic heterocycles. The molecule has 3 saturated heterocycles. The van der Waals surface area contributed by atoms with Gasteiger partial charge in [-0.3, -0.25) is 14.5 Å². The standard InChI is InChI=1S/C20H27N3O2/c1-14-5-7-17(8-6-14)21-19(24)13-22-10-15-9-16(12-22)18-3-2-4-20(25)23(18)11-15/h5-8,15-16,18H,2-4,9-13H2,1H3,(H,21,24)/t15-,16+,18+/m0/s1. The maximum absolute atomic E-state index is 12.4. The van der Waals surface area contributed by atoms with Gasteiger partial charge in [0.05, 0.1) is 6.54 Å². The van der Waals surface area contributed by atoms with Crippen molar-refractivity contribution in [2.75, 3.05) is 31.5 Å². The lowest BCUT2D eigenvalue weighted by Crippen LogP contribution is -2.61. The lowest BCUT2D eigenvalue weighted by molar-refractivity contribution is -0.145. The minimum absolute atomic E-state index is 0.0559. The number of aryl methyl sites for hydroxylation is 1. The Labute approximate surface area is 149 Å². The third-order valence-electron chi connectivity index (χ3n) is 5.96. The van der Waals surface area contributed by atoms with Crippen molar-refractivity contribution < 1.29 is 9.59 Å². The van der Waals surface area contributed by atoms with Gasteiger partial charge in [-0.15, -0.1) is 0 Å². The van der Waals surface area contributed by atoms with Crippen LogP contribution < -0.4 is 5.32 Å². The summed E-state index contributed by atoms with van der Waals surface area (Å²) in [4.78, 5) is 29.0. The van der Waals surface area contributed by atoms with Gasteiger partial charge in [0, 0.05) is 37.8 Å². The van der Waals surface area contributed by atoms with Crippen molar-refractivity contribution in [2.24, 2.45) is 11.8 Å². The number of carbonyl (C=O) groups excluding carboxylic acids is 2. The lowest BCUT2D eigenvalue weighted by Gasteiger charge is -2.52. The highest BCUT2D eigenvalue weighted by Gasteiger charge is 2.43. The highest BCUT2D eigenvalue weighted by molar-refractivity contribution is 5.92. The van der Waals surface area contributed by atoms with Gasteiger partial charge in [-0.2, -0.15) is 0 Å². The van der Waals surface area contributed by atoms with E-state index in [0.717, 1.165) is 44.6 Å². The van der Waals surface area contributed by atoms with Crippen LogP contribution in [0.5, 0.6) is 0 Å². The first kappa shape index (κ1) is 16.6. The number of anilines is 1. The van der Waals surface area contributed by atoms with Crippen LogP contribution in [0.15, 0.2) is 24.3 Å². The summed E-state index contributed by atoms with van der Waals surface area (Å²) in [5.41, 5.74) is 2.05. The smallest absolute Gasteiger partial charge is 0.238 e. The summed E-state index contributed by atoms with van der Waals surface area (Å²) in [6, 6.07) is 8.32. The maximum Gasteiger partial charge on any atom is 0.238 e. The number of nitrogens with one attached hydrogen (secondary N) is 1. The van der Waals surface area contributed by atoms with Gasteiger partial charge in [0.2, 0.25) is 11.8 Å². The Morgan fingerprint density at radius 1 is 1.20 bits per heavy atom. The van der Waals surface area contributed by atoms with Crippen molar-refractivity contribution in [3.05, 3.63) is 29.8 Å². The second-order valence-electron chi connectivity index (χ2n) is 7.98. The van der Waals surface area contributed by atoms with Crippen LogP contribution in [0.1, 0.15) is 31.2 Å². The molecule has 25 heavy (non-hydrogen) atoms. The van der Waals surface area contributed by atoms with E-state index < -0.39 is 0 Å². The van der Waals surface area contributed by atoms with Crippen molar-refractivity contribution >= 4 is 17.5 Å². The zero-order valence-electron chi connectivity index (χ0n) is 14.9. The SMILES string of the molecule is Cc1ccc(NC(=O)CN2C[C@@H]3C[C@H](C2)[C@H]2CCCC(=O)N2C3)cc1. The number of benzene rings is 1. The van der Waals surface area contributed by atoms with Crippen molar-refractivity contribution in [2.45, 2.75) is 38.6 Å². The van der Waals surface area contributed by atoms with Crippen molar-refractivity contribution in [3.8, 4) is 0 Å². The first-order valence-electron chi connectivity index (χ1n) is 9.47. The molecule has 4 rings (SSSR count). The highest BCUT2D eigenvalue weighted by Crippen LogP contribution is 2.37. The summed E-state index contributed by atoms with van der Waals surface area (Å²) in [6.07, 6.45) is 4.09. The molecule has 2 bridgehead atoms. The van der Waals surface area contributed by atoms with Gasteiger partial charge in [0.25, 0.3) is 0 Å². The monoisotopic (exact) mass is 341 g/mol. The number of hydrogen-bond donors (Lipinski definition) is 1. The first-order valence-corrected chi connectivity index (χ1v) is 9.47. The molecule has 5 nitrogen and oxygen atoms in total. The molecule has 1 aromatic carbocycles. The molecule has 3 aliphatic rings. The van der Waals surface area contributed by atoms with Gasteiger partial charge in [0.1, 0.15) is 0 Å². The fourth-order valence-corrected chi connectivity index (χ4v) is 4.88. The summed E-state index contributed by atoms with van der Waals surface area (Å²) < 4.78 is 0. The molecule has 0 saturated carbocycles. The number of likely N-dealkylation sites (tertiary alicyclic amines) is 1. The quantitative estimate of drug-likeness (QED) is 0.918. The molecule has 0 aliphatic carbocycles. The van der Waals surface area contributed by atoms with E-state index in [4.69, 9.17) is 0 Å². The molecule has 134 valence electrons. The fraction of sp³-hybridized carbons (Fsp3) is 0.600. The average molecular weight is 341 g/mol. The lowest BCUT2D eigenvalue weighted by atomic mass is 9.76. The summed E-state index contributed by atoms with van der Waals surface area (Å²) in [6.45, 7) is 5.23. The number of hydrogen-bond acceptors (Lipinski definition) is 3. The van der Waals surface area contributed by atoms with Crippen molar-refractivity contribution in [1.29, 1.82) is 0 Å². The van der Waals surface area contributed by atoms with Gasteiger partial charge < -0.3 is 10.2 Å². The van der Waals surface area contributed by atoms with Gasteiger partial charge in [-0.1, -0.05) is 17.7 Å². The summed E-state index contributed by atoms with van der Waals surface area (Å²) in [5.74, 6) is 1.45. The number of amides is 2. The predicted octanol–water partition coefficient (Wildman–Crippen LogP) is 2.27. The Bertz CT molecular complexity index is 657.